The third kappa shape index (κ3) is 3.84. The Morgan fingerprint density at radius 2 is 1.76 bits per heavy atom. The highest BCUT2D eigenvalue weighted by molar-refractivity contribution is 5.79. The second-order valence-corrected chi connectivity index (χ2v) is 12.1. The predicted molar refractivity (Wildman–Crippen MR) is 131 cm³/mol. The molecule has 1 aromatic carbocycles. The molecule has 3 nitrogen and oxygen atoms in total. The molecule has 33 heavy (non-hydrogen) atoms. The number of hydrogen-bond acceptors (Lipinski definition) is 3. The lowest BCUT2D eigenvalue weighted by atomic mass is 9.47. The zero-order valence-electron chi connectivity index (χ0n) is 21.0. The van der Waals surface area contributed by atoms with Crippen molar-refractivity contribution in [1.29, 1.82) is 0 Å². The van der Waals surface area contributed by atoms with E-state index >= 15 is 0 Å². The Hall–Kier alpha value is -1.45. The van der Waals surface area contributed by atoms with Crippen LogP contribution >= 0.6 is 0 Å². The fraction of sp³-hybridized carbons (Fsp3) is 0.700. The van der Waals surface area contributed by atoms with Gasteiger partial charge in [0.15, 0.2) is 5.79 Å². The Balaban J connectivity index is 1.30. The Morgan fingerprint density at radius 1 is 1.03 bits per heavy atom. The quantitative estimate of drug-likeness (QED) is 0.405. The van der Waals surface area contributed by atoms with Crippen LogP contribution in [-0.2, 0) is 22.6 Å². The maximum atomic E-state index is 12.4. The van der Waals surface area contributed by atoms with Gasteiger partial charge in [0.1, 0.15) is 5.78 Å². The van der Waals surface area contributed by atoms with Gasteiger partial charge in [-0.05, 0) is 91.6 Å². The number of ether oxygens (including phenoxy) is 1. The number of carbonyl (C=O) groups is 1. The summed E-state index contributed by atoms with van der Waals surface area (Å²) in [6.45, 7) is 9.30. The van der Waals surface area contributed by atoms with Gasteiger partial charge in [-0.3, -0.25) is 4.79 Å². The summed E-state index contributed by atoms with van der Waals surface area (Å²) in [4.78, 5) is 12.4. The van der Waals surface area contributed by atoms with E-state index in [0.717, 1.165) is 31.2 Å². The summed E-state index contributed by atoms with van der Waals surface area (Å²) < 4.78 is 6.16. The summed E-state index contributed by atoms with van der Waals surface area (Å²) >= 11 is 0. The van der Waals surface area contributed by atoms with Gasteiger partial charge in [-0.2, -0.15) is 0 Å². The lowest BCUT2D eigenvalue weighted by molar-refractivity contribution is -0.231. The van der Waals surface area contributed by atoms with Gasteiger partial charge in [-0.1, -0.05) is 56.7 Å². The molecule has 0 heterocycles. The minimum atomic E-state index is -1.06. The van der Waals surface area contributed by atoms with Crippen LogP contribution in [0.15, 0.2) is 35.9 Å². The van der Waals surface area contributed by atoms with Gasteiger partial charge in [0.2, 0.25) is 0 Å². The molecule has 0 aromatic heterocycles. The van der Waals surface area contributed by atoms with E-state index in [1.54, 1.807) is 0 Å². The van der Waals surface area contributed by atoms with Crippen molar-refractivity contribution in [2.24, 2.45) is 34.5 Å². The Morgan fingerprint density at radius 3 is 2.45 bits per heavy atom. The third-order valence-electron chi connectivity index (χ3n) is 10.6. The molecular formula is C30H42O3. The highest BCUT2D eigenvalue weighted by atomic mass is 16.6. The molecule has 3 heteroatoms. The number of carbonyl (C=O) groups excluding carboxylic acids is 1. The fourth-order valence-corrected chi connectivity index (χ4v) is 8.50. The van der Waals surface area contributed by atoms with Crippen molar-refractivity contribution in [1.82, 2.24) is 0 Å². The van der Waals surface area contributed by atoms with E-state index in [0.29, 0.717) is 43.0 Å². The van der Waals surface area contributed by atoms with Crippen molar-refractivity contribution in [3.05, 3.63) is 47.0 Å². The van der Waals surface area contributed by atoms with E-state index in [1.165, 1.54) is 30.4 Å². The van der Waals surface area contributed by atoms with E-state index in [-0.39, 0.29) is 16.7 Å². The van der Waals surface area contributed by atoms with Gasteiger partial charge in [0.05, 0.1) is 6.61 Å². The first kappa shape index (κ1) is 23.3. The first-order chi connectivity index (χ1) is 15.7. The molecule has 1 N–H and O–H groups in total. The normalized spacial score (nSPS) is 42.2. The zero-order valence-corrected chi connectivity index (χ0v) is 21.0. The highest BCUT2D eigenvalue weighted by Crippen LogP contribution is 2.66. The van der Waals surface area contributed by atoms with Crippen molar-refractivity contribution in [2.75, 3.05) is 0 Å². The Labute approximate surface area is 200 Å². The van der Waals surface area contributed by atoms with Crippen LogP contribution < -0.4 is 0 Å². The standard InChI is InChI=1S/C30H42O3/c1-5-21-6-8-22(9-7-21)19-33-30(32)17-16-28(3)23(18-30)10-11-24-26-13-12-25(20(2)31)29(26,4)15-14-27(24)28/h6-10,24-27,32H,5,11-19H2,1-4H3/t24-,25+,26-,27-,28-,29+,30+/m0/s1. The minimum absolute atomic E-state index is 0.164. The van der Waals surface area contributed by atoms with Gasteiger partial charge in [0, 0.05) is 18.8 Å². The third-order valence-corrected chi connectivity index (χ3v) is 10.6. The number of allylic oxidation sites excluding steroid dienone is 1. The largest absolute Gasteiger partial charge is 0.365 e. The van der Waals surface area contributed by atoms with E-state index < -0.39 is 5.79 Å². The van der Waals surface area contributed by atoms with Crippen molar-refractivity contribution >= 4 is 5.78 Å². The van der Waals surface area contributed by atoms with Gasteiger partial charge in [-0.25, -0.2) is 0 Å². The number of ketones is 1. The molecule has 0 saturated heterocycles. The van der Waals surface area contributed by atoms with Gasteiger partial charge >= 0.3 is 0 Å². The van der Waals surface area contributed by atoms with Crippen LogP contribution in [0, 0.1) is 34.5 Å². The molecule has 4 aliphatic rings. The Bertz CT molecular complexity index is 932. The zero-order chi connectivity index (χ0) is 23.4. The molecule has 0 bridgehead atoms. The lowest BCUT2D eigenvalue weighted by Gasteiger charge is -2.58. The van der Waals surface area contributed by atoms with Crippen LogP contribution in [0.4, 0.5) is 0 Å². The minimum Gasteiger partial charge on any atom is -0.365 e. The second kappa shape index (κ2) is 8.34. The molecule has 0 amide bonds. The van der Waals surface area contributed by atoms with E-state index in [9.17, 15) is 9.90 Å². The van der Waals surface area contributed by atoms with Gasteiger partial charge in [0.25, 0.3) is 0 Å². The number of benzene rings is 1. The van der Waals surface area contributed by atoms with Crippen LogP contribution in [0.3, 0.4) is 0 Å². The molecular weight excluding hydrogens is 408 g/mol. The summed E-state index contributed by atoms with van der Waals surface area (Å²) in [7, 11) is 0. The number of Topliss-reactive ketones (excluding diaryl/α,β-unsaturated/α-hetero) is 1. The molecule has 3 saturated carbocycles. The average Bonchev–Trinajstić information content (AvgIpc) is 3.16. The molecule has 4 aliphatic carbocycles. The van der Waals surface area contributed by atoms with Crippen molar-refractivity contribution < 1.29 is 14.6 Å². The maximum Gasteiger partial charge on any atom is 0.169 e. The van der Waals surface area contributed by atoms with Crippen molar-refractivity contribution in [2.45, 2.75) is 97.9 Å². The number of fused-ring (bicyclic) bond motifs is 5. The van der Waals surface area contributed by atoms with E-state index in [4.69, 9.17) is 4.74 Å². The molecule has 180 valence electrons. The van der Waals surface area contributed by atoms with Crippen LogP contribution in [0.1, 0.15) is 90.2 Å². The van der Waals surface area contributed by atoms with Crippen LogP contribution in [0.2, 0.25) is 0 Å². The molecule has 0 radical (unpaired) electrons. The topological polar surface area (TPSA) is 46.5 Å². The van der Waals surface area contributed by atoms with Crippen LogP contribution in [-0.4, -0.2) is 16.7 Å². The van der Waals surface area contributed by atoms with Gasteiger partial charge in [-0.15, -0.1) is 0 Å². The van der Waals surface area contributed by atoms with Crippen LogP contribution in [0.5, 0.6) is 0 Å². The highest BCUT2D eigenvalue weighted by Gasteiger charge is 2.60. The number of rotatable bonds is 5. The Kier molecular flexibility index (Phi) is 5.89. The van der Waals surface area contributed by atoms with E-state index in [2.05, 4.69) is 51.1 Å². The predicted octanol–water partition coefficient (Wildman–Crippen LogP) is 6.62. The molecule has 3 fully saturated rings. The first-order valence-corrected chi connectivity index (χ1v) is 13.3. The summed E-state index contributed by atoms with van der Waals surface area (Å²) in [5.74, 6) is 1.64. The monoisotopic (exact) mass is 450 g/mol. The van der Waals surface area contributed by atoms with Gasteiger partial charge < -0.3 is 9.84 Å². The fourth-order valence-electron chi connectivity index (χ4n) is 8.50. The van der Waals surface area contributed by atoms with Crippen molar-refractivity contribution in [3.8, 4) is 0 Å². The lowest BCUT2D eigenvalue weighted by Crippen LogP contribution is -2.52. The summed E-state index contributed by atoms with van der Waals surface area (Å²) in [6.07, 6.45) is 11.6. The van der Waals surface area contributed by atoms with E-state index in [1.807, 2.05) is 6.92 Å². The number of aliphatic hydroxyl groups is 1. The van der Waals surface area contributed by atoms with Crippen molar-refractivity contribution in [3.63, 3.8) is 0 Å². The molecule has 7 atom stereocenters. The first-order valence-electron chi connectivity index (χ1n) is 13.3. The smallest absolute Gasteiger partial charge is 0.169 e. The van der Waals surface area contributed by atoms with Crippen LogP contribution in [0.25, 0.3) is 0 Å². The average molecular weight is 451 g/mol. The molecule has 5 rings (SSSR count). The SMILES string of the molecule is CCc1ccc(CO[C@]2(O)CC[C@@]3(C)C(=CC[C@H]4[C@@H]5CC[C@H](C(C)=O)[C@@]5(C)CC[C@@H]43)C2)cc1. The number of hydrogen-bond donors (Lipinski definition) is 1. The molecule has 0 aliphatic heterocycles. The summed E-state index contributed by atoms with van der Waals surface area (Å²) in [5, 5.41) is 11.4. The molecule has 0 unspecified atom stereocenters. The number of aryl methyl sites for hydroxylation is 1. The molecule has 1 aromatic rings. The molecule has 0 spiro atoms. The summed E-state index contributed by atoms with van der Waals surface area (Å²) in [6, 6.07) is 8.55. The second-order valence-electron chi connectivity index (χ2n) is 12.1. The maximum absolute atomic E-state index is 12.4. The summed E-state index contributed by atoms with van der Waals surface area (Å²) in [5.41, 5.74) is 4.23.